The summed E-state index contributed by atoms with van der Waals surface area (Å²) in [5.74, 6) is 0.821. The van der Waals surface area contributed by atoms with Crippen molar-refractivity contribution in [1.29, 1.82) is 5.26 Å². The molecule has 0 amide bonds. The second-order valence-corrected chi connectivity index (χ2v) is 7.31. The third-order valence-corrected chi connectivity index (χ3v) is 5.06. The Morgan fingerprint density at radius 3 is 2.82 bits per heavy atom. The quantitative estimate of drug-likeness (QED) is 0.364. The van der Waals surface area contributed by atoms with Crippen LogP contribution in [-0.2, 0) is 0 Å². The van der Waals surface area contributed by atoms with E-state index in [4.69, 9.17) is 4.74 Å². The monoisotopic (exact) mass is 389 g/mol. The molecule has 4 nitrogen and oxygen atoms in total. The molecule has 0 radical (unpaired) electrons. The molecule has 1 N–H and O–H groups in total. The molecule has 0 spiro atoms. The zero-order valence-corrected chi connectivity index (χ0v) is 16.9. The van der Waals surface area contributed by atoms with Crippen molar-refractivity contribution in [3.05, 3.63) is 70.7 Å². The summed E-state index contributed by atoms with van der Waals surface area (Å²) in [6.45, 7) is 4.90. The van der Waals surface area contributed by atoms with Crippen LogP contribution in [0.2, 0.25) is 0 Å². The molecule has 0 unspecified atom stereocenters. The predicted molar refractivity (Wildman–Crippen MR) is 116 cm³/mol. The van der Waals surface area contributed by atoms with Gasteiger partial charge in [-0.05, 0) is 25.5 Å². The topological polar surface area (TPSA) is 57.9 Å². The van der Waals surface area contributed by atoms with Gasteiger partial charge < -0.3 is 10.1 Å². The van der Waals surface area contributed by atoms with E-state index in [0.29, 0.717) is 17.2 Å². The van der Waals surface area contributed by atoms with Crippen molar-refractivity contribution < 1.29 is 4.74 Å². The SMILES string of the molecule is CCCCOc1cccc(NC=C(C#N)c2nc(-c3ccc(C)cc3)cs2)c1. The largest absolute Gasteiger partial charge is 0.494 e. The van der Waals surface area contributed by atoms with Gasteiger partial charge in [0.15, 0.2) is 0 Å². The molecule has 142 valence electrons. The molecule has 0 aliphatic carbocycles. The Labute approximate surface area is 170 Å². The van der Waals surface area contributed by atoms with Crippen LogP contribution in [0.1, 0.15) is 30.3 Å². The van der Waals surface area contributed by atoms with Gasteiger partial charge in [-0.3, -0.25) is 0 Å². The standard InChI is InChI=1S/C23H23N3OS/c1-3-4-12-27-21-7-5-6-20(13-21)25-15-19(14-24)23-26-22(16-28-23)18-10-8-17(2)9-11-18/h5-11,13,15-16,25H,3-4,12H2,1-2H3. The molecule has 0 saturated heterocycles. The first-order chi connectivity index (χ1) is 13.7. The number of nitriles is 1. The molecule has 0 fully saturated rings. The van der Waals surface area contributed by atoms with E-state index in [0.717, 1.165) is 35.5 Å². The molecule has 0 atom stereocenters. The molecule has 3 aromatic rings. The zero-order valence-electron chi connectivity index (χ0n) is 16.1. The number of aromatic nitrogens is 1. The first-order valence-corrected chi connectivity index (χ1v) is 10.2. The Morgan fingerprint density at radius 2 is 2.07 bits per heavy atom. The molecule has 2 aromatic carbocycles. The lowest BCUT2D eigenvalue weighted by Gasteiger charge is -2.07. The van der Waals surface area contributed by atoms with Crippen LogP contribution < -0.4 is 10.1 Å². The fourth-order valence-corrected chi connectivity index (χ4v) is 3.36. The lowest BCUT2D eigenvalue weighted by molar-refractivity contribution is 0.309. The maximum atomic E-state index is 9.56. The minimum absolute atomic E-state index is 0.501. The molecule has 0 bridgehead atoms. The number of nitrogens with zero attached hydrogens (tertiary/aromatic N) is 2. The highest BCUT2D eigenvalue weighted by atomic mass is 32.1. The van der Waals surface area contributed by atoms with E-state index in [2.05, 4.69) is 42.4 Å². The third-order valence-electron chi connectivity index (χ3n) is 4.19. The third kappa shape index (κ3) is 5.21. The van der Waals surface area contributed by atoms with Gasteiger partial charge >= 0.3 is 0 Å². The van der Waals surface area contributed by atoms with Crippen LogP contribution in [0.15, 0.2) is 60.1 Å². The Morgan fingerprint density at radius 1 is 1.25 bits per heavy atom. The maximum Gasteiger partial charge on any atom is 0.136 e. The highest BCUT2D eigenvalue weighted by molar-refractivity contribution is 7.11. The number of hydrogen-bond acceptors (Lipinski definition) is 5. The van der Waals surface area contributed by atoms with E-state index in [1.165, 1.54) is 16.9 Å². The molecule has 28 heavy (non-hydrogen) atoms. The van der Waals surface area contributed by atoms with Crippen molar-refractivity contribution in [1.82, 2.24) is 4.98 Å². The van der Waals surface area contributed by atoms with Crippen molar-refractivity contribution in [2.45, 2.75) is 26.7 Å². The highest BCUT2D eigenvalue weighted by Gasteiger charge is 2.09. The van der Waals surface area contributed by atoms with Gasteiger partial charge in [-0.1, -0.05) is 49.2 Å². The number of aryl methyl sites for hydroxylation is 1. The first-order valence-electron chi connectivity index (χ1n) is 9.32. The molecule has 0 aliphatic heterocycles. The van der Waals surface area contributed by atoms with E-state index in [1.54, 1.807) is 6.20 Å². The maximum absolute atomic E-state index is 9.56. The van der Waals surface area contributed by atoms with Gasteiger partial charge in [-0.2, -0.15) is 5.26 Å². The number of allylic oxidation sites excluding steroid dienone is 1. The fourth-order valence-electron chi connectivity index (χ4n) is 2.56. The number of hydrogen-bond donors (Lipinski definition) is 1. The number of ether oxygens (including phenoxy) is 1. The van der Waals surface area contributed by atoms with Gasteiger partial charge in [0, 0.05) is 28.9 Å². The summed E-state index contributed by atoms with van der Waals surface area (Å²) in [6.07, 6.45) is 3.83. The van der Waals surface area contributed by atoms with Gasteiger partial charge in [-0.25, -0.2) is 4.98 Å². The Bertz CT molecular complexity index is 984. The van der Waals surface area contributed by atoms with E-state index in [1.807, 2.05) is 41.8 Å². The van der Waals surface area contributed by atoms with Crippen molar-refractivity contribution in [2.75, 3.05) is 11.9 Å². The molecule has 0 saturated carbocycles. The number of anilines is 1. The van der Waals surface area contributed by atoms with Crippen molar-refractivity contribution in [3.8, 4) is 23.1 Å². The highest BCUT2D eigenvalue weighted by Crippen LogP contribution is 2.26. The zero-order chi connectivity index (χ0) is 19.8. The van der Waals surface area contributed by atoms with Crippen LogP contribution in [0.25, 0.3) is 16.8 Å². The van der Waals surface area contributed by atoms with E-state index < -0.39 is 0 Å². The number of nitrogens with one attached hydrogen (secondary N) is 1. The van der Waals surface area contributed by atoms with E-state index >= 15 is 0 Å². The minimum atomic E-state index is 0.501. The van der Waals surface area contributed by atoms with Crippen LogP contribution in [0.3, 0.4) is 0 Å². The van der Waals surface area contributed by atoms with E-state index in [9.17, 15) is 5.26 Å². The van der Waals surface area contributed by atoms with Gasteiger partial charge in [0.25, 0.3) is 0 Å². The number of rotatable bonds is 8. The van der Waals surface area contributed by atoms with Crippen molar-refractivity contribution in [3.63, 3.8) is 0 Å². The number of unbranched alkanes of at least 4 members (excludes halogenated alkanes) is 1. The van der Waals surface area contributed by atoms with Gasteiger partial charge in [0.1, 0.15) is 22.4 Å². The number of thiazole rings is 1. The van der Waals surface area contributed by atoms with Gasteiger partial charge in [0.05, 0.1) is 12.3 Å². The first kappa shape index (κ1) is 19.7. The summed E-state index contributed by atoms with van der Waals surface area (Å²) in [4.78, 5) is 4.62. The van der Waals surface area contributed by atoms with Crippen molar-refractivity contribution >= 4 is 22.6 Å². The summed E-state index contributed by atoms with van der Waals surface area (Å²) < 4.78 is 5.73. The average Bonchev–Trinajstić information content (AvgIpc) is 3.20. The smallest absolute Gasteiger partial charge is 0.136 e. The Kier molecular flexibility index (Phi) is 6.83. The van der Waals surface area contributed by atoms with Crippen LogP contribution in [0, 0.1) is 18.3 Å². The molecular formula is C23H23N3OS. The van der Waals surface area contributed by atoms with Crippen LogP contribution in [0.4, 0.5) is 5.69 Å². The molecule has 0 aliphatic rings. The summed E-state index contributed by atoms with van der Waals surface area (Å²) in [5, 5.41) is 15.4. The van der Waals surface area contributed by atoms with Gasteiger partial charge in [0.2, 0.25) is 0 Å². The molecule has 3 rings (SSSR count). The Hall–Kier alpha value is -3.10. The molecule has 1 heterocycles. The summed E-state index contributed by atoms with van der Waals surface area (Å²) in [6, 6.07) is 18.2. The summed E-state index contributed by atoms with van der Waals surface area (Å²) in [5.41, 5.74) is 4.52. The fraction of sp³-hybridized carbons (Fsp3) is 0.217. The Balaban J connectivity index is 1.72. The normalized spacial score (nSPS) is 11.1. The summed E-state index contributed by atoms with van der Waals surface area (Å²) >= 11 is 1.47. The minimum Gasteiger partial charge on any atom is -0.494 e. The van der Waals surface area contributed by atoms with Crippen LogP contribution in [0.5, 0.6) is 5.75 Å². The lowest BCUT2D eigenvalue weighted by atomic mass is 10.1. The predicted octanol–water partition coefficient (Wildman–Crippen LogP) is 6.27. The van der Waals surface area contributed by atoms with Crippen LogP contribution in [-0.4, -0.2) is 11.6 Å². The van der Waals surface area contributed by atoms with E-state index in [-0.39, 0.29) is 0 Å². The summed E-state index contributed by atoms with van der Waals surface area (Å²) in [7, 11) is 0. The lowest BCUT2D eigenvalue weighted by Crippen LogP contribution is -1.97. The second-order valence-electron chi connectivity index (χ2n) is 6.45. The van der Waals surface area contributed by atoms with Gasteiger partial charge in [-0.15, -0.1) is 11.3 Å². The number of benzene rings is 2. The molecule has 1 aromatic heterocycles. The van der Waals surface area contributed by atoms with Crippen LogP contribution >= 0.6 is 11.3 Å². The molecule has 5 heteroatoms. The average molecular weight is 390 g/mol. The van der Waals surface area contributed by atoms with Crippen molar-refractivity contribution in [2.24, 2.45) is 0 Å². The second kappa shape index (κ2) is 9.72. The molecular weight excluding hydrogens is 366 g/mol.